The van der Waals surface area contributed by atoms with Crippen LogP contribution in [-0.2, 0) is 0 Å². The van der Waals surface area contributed by atoms with Crippen molar-refractivity contribution >= 4 is 23.6 Å². The van der Waals surface area contributed by atoms with Crippen molar-refractivity contribution in [2.75, 3.05) is 7.11 Å². The van der Waals surface area contributed by atoms with E-state index in [9.17, 15) is 4.79 Å². The monoisotopic (exact) mass is 338 g/mol. The Bertz CT molecular complexity index is 876. The molecule has 0 amide bonds. The van der Waals surface area contributed by atoms with E-state index >= 15 is 0 Å². The van der Waals surface area contributed by atoms with Crippen LogP contribution in [0.3, 0.4) is 0 Å². The Morgan fingerprint density at radius 1 is 1.12 bits per heavy atom. The minimum atomic E-state index is -0.614. The number of nitriles is 2. The van der Waals surface area contributed by atoms with Gasteiger partial charge in [0.2, 0.25) is 0 Å². The molecular formula is C18H11ClN2O3. The van der Waals surface area contributed by atoms with Crippen LogP contribution < -0.4 is 9.47 Å². The Balaban J connectivity index is 2.31. The van der Waals surface area contributed by atoms with Gasteiger partial charge in [0, 0.05) is 0 Å². The molecule has 0 atom stereocenters. The van der Waals surface area contributed by atoms with Crippen LogP contribution in [0.15, 0.2) is 48.0 Å². The maximum Gasteiger partial charge on any atom is 0.345 e. The van der Waals surface area contributed by atoms with Crippen LogP contribution in [0.25, 0.3) is 6.08 Å². The number of halogens is 1. The van der Waals surface area contributed by atoms with E-state index in [-0.39, 0.29) is 21.9 Å². The van der Waals surface area contributed by atoms with E-state index in [1.807, 2.05) is 0 Å². The standard InChI is InChI=1S/C18H11ClN2O3/c1-23-17-9-12(8-13(10-20)11-21)6-7-16(17)24-18(22)14-4-2-3-5-15(14)19/h2-9H,1H3. The first-order valence-electron chi connectivity index (χ1n) is 6.75. The number of carbonyl (C=O) groups is 1. The molecule has 0 saturated carbocycles. The van der Waals surface area contributed by atoms with E-state index < -0.39 is 5.97 Å². The van der Waals surface area contributed by atoms with Crippen LogP contribution in [0.5, 0.6) is 11.5 Å². The highest BCUT2D eigenvalue weighted by Crippen LogP contribution is 2.30. The number of rotatable bonds is 4. The van der Waals surface area contributed by atoms with Crippen molar-refractivity contribution in [2.24, 2.45) is 0 Å². The first kappa shape index (κ1) is 17.1. The summed E-state index contributed by atoms with van der Waals surface area (Å²) in [6, 6.07) is 14.8. The molecule has 0 aliphatic carbocycles. The number of benzene rings is 2. The van der Waals surface area contributed by atoms with Gasteiger partial charge >= 0.3 is 5.97 Å². The molecule has 2 aromatic carbocycles. The van der Waals surface area contributed by atoms with E-state index in [1.165, 1.54) is 19.3 Å². The lowest BCUT2D eigenvalue weighted by Gasteiger charge is -2.10. The molecule has 0 heterocycles. The molecule has 2 rings (SSSR count). The third-order valence-corrected chi connectivity index (χ3v) is 3.37. The minimum absolute atomic E-state index is 0.0436. The Morgan fingerprint density at radius 3 is 2.46 bits per heavy atom. The molecule has 0 aromatic heterocycles. The number of esters is 1. The van der Waals surface area contributed by atoms with E-state index in [0.29, 0.717) is 11.3 Å². The van der Waals surface area contributed by atoms with E-state index in [2.05, 4.69) is 0 Å². The molecule has 0 fully saturated rings. The largest absolute Gasteiger partial charge is 0.493 e. The molecule has 0 saturated heterocycles. The molecule has 0 bridgehead atoms. The molecule has 0 aliphatic heterocycles. The lowest BCUT2D eigenvalue weighted by molar-refractivity contribution is 0.0730. The summed E-state index contributed by atoms with van der Waals surface area (Å²) in [5, 5.41) is 17.9. The van der Waals surface area contributed by atoms with Gasteiger partial charge in [0.1, 0.15) is 17.7 Å². The predicted molar refractivity (Wildman–Crippen MR) is 88.6 cm³/mol. The summed E-state index contributed by atoms with van der Waals surface area (Å²) >= 11 is 5.97. The summed E-state index contributed by atoms with van der Waals surface area (Å²) in [5.74, 6) is -0.119. The maximum atomic E-state index is 12.2. The fourth-order valence-electron chi connectivity index (χ4n) is 1.90. The van der Waals surface area contributed by atoms with Gasteiger partial charge in [-0.1, -0.05) is 29.8 Å². The molecule has 0 N–H and O–H groups in total. The van der Waals surface area contributed by atoms with Gasteiger partial charge in [-0.3, -0.25) is 0 Å². The minimum Gasteiger partial charge on any atom is -0.493 e. The zero-order valence-electron chi connectivity index (χ0n) is 12.6. The average Bonchev–Trinajstić information content (AvgIpc) is 2.60. The molecule has 0 radical (unpaired) electrons. The van der Waals surface area contributed by atoms with Crippen molar-refractivity contribution in [1.29, 1.82) is 10.5 Å². The van der Waals surface area contributed by atoms with Crippen LogP contribution in [-0.4, -0.2) is 13.1 Å². The lowest BCUT2D eigenvalue weighted by Crippen LogP contribution is -2.09. The molecule has 24 heavy (non-hydrogen) atoms. The summed E-state index contributed by atoms with van der Waals surface area (Å²) in [6.07, 6.45) is 1.40. The van der Waals surface area contributed by atoms with Gasteiger partial charge in [0.25, 0.3) is 0 Å². The Hall–Kier alpha value is -3.28. The third-order valence-electron chi connectivity index (χ3n) is 3.04. The highest BCUT2D eigenvalue weighted by molar-refractivity contribution is 6.33. The summed E-state index contributed by atoms with van der Waals surface area (Å²) in [4.78, 5) is 12.2. The predicted octanol–water partition coefficient (Wildman–Crippen LogP) is 4.00. The quantitative estimate of drug-likeness (QED) is 0.478. The number of ether oxygens (including phenoxy) is 2. The highest BCUT2D eigenvalue weighted by Gasteiger charge is 2.15. The second-order valence-electron chi connectivity index (χ2n) is 4.56. The molecule has 0 spiro atoms. The molecule has 5 nitrogen and oxygen atoms in total. The fourth-order valence-corrected chi connectivity index (χ4v) is 2.11. The summed E-state index contributed by atoms with van der Waals surface area (Å²) < 4.78 is 10.5. The van der Waals surface area contributed by atoms with Crippen LogP contribution in [0.2, 0.25) is 5.02 Å². The second kappa shape index (κ2) is 7.82. The second-order valence-corrected chi connectivity index (χ2v) is 4.97. The van der Waals surface area contributed by atoms with Crippen molar-refractivity contribution in [3.8, 4) is 23.6 Å². The Morgan fingerprint density at radius 2 is 1.83 bits per heavy atom. The van der Waals surface area contributed by atoms with Gasteiger partial charge in [0.15, 0.2) is 11.5 Å². The first-order valence-corrected chi connectivity index (χ1v) is 7.13. The van der Waals surface area contributed by atoms with Gasteiger partial charge in [-0.15, -0.1) is 0 Å². The Kier molecular flexibility index (Phi) is 5.57. The number of hydrogen-bond acceptors (Lipinski definition) is 5. The number of methoxy groups -OCH3 is 1. The van der Waals surface area contributed by atoms with Crippen molar-refractivity contribution < 1.29 is 14.3 Å². The van der Waals surface area contributed by atoms with Crippen LogP contribution in [0.1, 0.15) is 15.9 Å². The van der Waals surface area contributed by atoms with Gasteiger partial charge in [0.05, 0.1) is 17.7 Å². The van der Waals surface area contributed by atoms with Gasteiger partial charge in [-0.25, -0.2) is 4.79 Å². The number of allylic oxidation sites excluding steroid dienone is 1. The molecule has 6 heteroatoms. The zero-order valence-corrected chi connectivity index (χ0v) is 13.4. The Labute approximate surface area is 143 Å². The van der Waals surface area contributed by atoms with Gasteiger partial charge in [-0.2, -0.15) is 10.5 Å². The van der Waals surface area contributed by atoms with E-state index in [0.717, 1.165) is 0 Å². The number of nitrogens with zero attached hydrogens (tertiary/aromatic N) is 2. The zero-order chi connectivity index (χ0) is 17.5. The van der Waals surface area contributed by atoms with Crippen molar-refractivity contribution in [3.63, 3.8) is 0 Å². The van der Waals surface area contributed by atoms with Gasteiger partial charge < -0.3 is 9.47 Å². The lowest BCUT2D eigenvalue weighted by atomic mass is 10.1. The smallest absolute Gasteiger partial charge is 0.345 e. The van der Waals surface area contributed by atoms with Crippen molar-refractivity contribution in [2.45, 2.75) is 0 Å². The third kappa shape index (κ3) is 3.92. The molecule has 0 unspecified atom stereocenters. The molecule has 0 aliphatic rings. The van der Waals surface area contributed by atoms with Crippen LogP contribution >= 0.6 is 11.6 Å². The number of hydrogen-bond donors (Lipinski definition) is 0. The average molecular weight is 339 g/mol. The van der Waals surface area contributed by atoms with E-state index in [4.69, 9.17) is 31.6 Å². The summed E-state index contributed by atoms with van der Waals surface area (Å²) in [7, 11) is 1.42. The van der Waals surface area contributed by atoms with Gasteiger partial charge in [-0.05, 0) is 35.9 Å². The highest BCUT2D eigenvalue weighted by atomic mass is 35.5. The normalized spacial score (nSPS) is 9.33. The summed E-state index contributed by atoms with van der Waals surface area (Å²) in [6.45, 7) is 0. The summed E-state index contributed by atoms with van der Waals surface area (Å²) in [5.41, 5.74) is 0.766. The SMILES string of the molecule is COc1cc(C=C(C#N)C#N)ccc1OC(=O)c1ccccc1Cl. The van der Waals surface area contributed by atoms with E-state index in [1.54, 1.807) is 48.5 Å². The van der Waals surface area contributed by atoms with Crippen LogP contribution in [0, 0.1) is 22.7 Å². The topological polar surface area (TPSA) is 83.1 Å². The number of carbonyl (C=O) groups excluding carboxylic acids is 1. The fraction of sp³-hybridized carbons (Fsp3) is 0.0556. The molecule has 118 valence electrons. The van der Waals surface area contributed by atoms with Crippen LogP contribution in [0.4, 0.5) is 0 Å². The van der Waals surface area contributed by atoms with Crippen molar-refractivity contribution in [3.05, 3.63) is 64.2 Å². The first-order chi connectivity index (χ1) is 11.6. The molecular weight excluding hydrogens is 328 g/mol. The maximum absolute atomic E-state index is 12.2. The molecule has 2 aromatic rings. The van der Waals surface area contributed by atoms with Crippen molar-refractivity contribution in [1.82, 2.24) is 0 Å².